The summed E-state index contributed by atoms with van der Waals surface area (Å²) in [6.45, 7) is 1.84. The predicted molar refractivity (Wildman–Crippen MR) is 131 cm³/mol. The van der Waals surface area contributed by atoms with Crippen LogP contribution in [0.5, 0.6) is 5.75 Å². The van der Waals surface area contributed by atoms with Gasteiger partial charge in [-0.3, -0.25) is 4.31 Å². The zero-order valence-electron chi connectivity index (χ0n) is 19.1. The van der Waals surface area contributed by atoms with Crippen molar-refractivity contribution in [2.45, 2.75) is 44.8 Å². The van der Waals surface area contributed by atoms with Crippen molar-refractivity contribution in [3.8, 4) is 5.75 Å². The number of carbonyl (C=O) groups excluding carboxylic acids is 1. The van der Waals surface area contributed by atoms with Crippen LogP contribution in [0.2, 0.25) is 0 Å². The lowest BCUT2D eigenvalue weighted by Crippen LogP contribution is -2.34. The standard InChI is InChI=1S/C23H27FN4O3S2/c1-13-19-21(25-12-26-22(19)33-20(13)23(29)30-3)27-17-10-5-14(24)11-18(17)31-16-8-6-15(7-9-16)28(2)32-4/h5,10-12,15-16H,6-9H2,1-4H3,(H,25,26,27). The van der Waals surface area contributed by atoms with Gasteiger partial charge in [-0.15, -0.1) is 11.3 Å². The fourth-order valence-corrected chi connectivity index (χ4v) is 5.71. The molecular weight excluding hydrogens is 463 g/mol. The van der Waals surface area contributed by atoms with Crippen molar-refractivity contribution >= 4 is 51.0 Å². The van der Waals surface area contributed by atoms with E-state index in [1.54, 1.807) is 18.0 Å². The number of anilines is 2. The Hall–Kier alpha value is -2.43. The normalized spacial score (nSPS) is 18.5. The maximum atomic E-state index is 14.1. The molecule has 1 aromatic carbocycles. The van der Waals surface area contributed by atoms with Gasteiger partial charge in [0.25, 0.3) is 0 Å². The molecule has 1 aliphatic rings. The van der Waals surface area contributed by atoms with E-state index in [-0.39, 0.29) is 11.9 Å². The Balaban J connectivity index is 1.58. The molecule has 10 heteroatoms. The lowest BCUT2D eigenvalue weighted by Gasteiger charge is -2.33. The first-order valence-corrected chi connectivity index (χ1v) is 12.7. The number of halogens is 1. The first kappa shape index (κ1) is 23.7. The summed E-state index contributed by atoms with van der Waals surface area (Å²) in [5.74, 6) is 0.212. The van der Waals surface area contributed by atoms with Crippen molar-refractivity contribution in [2.24, 2.45) is 0 Å². The van der Waals surface area contributed by atoms with Gasteiger partial charge in [-0.25, -0.2) is 19.2 Å². The average molecular weight is 491 g/mol. The van der Waals surface area contributed by atoms with E-state index in [4.69, 9.17) is 9.47 Å². The number of methoxy groups -OCH3 is 1. The fourth-order valence-electron chi connectivity index (χ4n) is 4.13. The van der Waals surface area contributed by atoms with Gasteiger partial charge in [-0.2, -0.15) is 0 Å². The summed E-state index contributed by atoms with van der Waals surface area (Å²) >= 11 is 3.00. The molecule has 2 aromatic heterocycles. The highest BCUT2D eigenvalue weighted by molar-refractivity contribution is 7.96. The molecular formula is C23H27FN4O3S2. The molecule has 1 N–H and O–H groups in total. The van der Waals surface area contributed by atoms with Crippen molar-refractivity contribution in [1.82, 2.24) is 14.3 Å². The van der Waals surface area contributed by atoms with E-state index in [1.807, 2.05) is 6.92 Å². The Kier molecular flexibility index (Phi) is 7.35. The van der Waals surface area contributed by atoms with Crippen LogP contribution in [0.3, 0.4) is 0 Å². The zero-order valence-corrected chi connectivity index (χ0v) is 20.7. The van der Waals surface area contributed by atoms with Crippen LogP contribution in [0.25, 0.3) is 10.2 Å². The van der Waals surface area contributed by atoms with Crippen LogP contribution in [0, 0.1) is 12.7 Å². The van der Waals surface area contributed by atoms with Gasteiger partial charge >= 0.3 is 5.97 Å². The molecule has 3 aromatic rings. The number of ether oxygens (including phenoxy) is 2. The van der Waals surface area contributed by atoms with E-state index >= 15 is 0 Å². The molecule has 1 saturated carbocycles. The Bertz CT molecular complexity index is 1150. The zero-order chi connectivity index (χ0) is 23.5. The van der Waals surface area contributed by atoms with Crippen LogP contribution >= 0.6 is 23.3 Å². The van der Waals surface area contributed by atoms with E-state index in [9.17, 15) is 9.18 Å². The summed E-state index contributed by atoms with van der Waals surface area (Å²) in [6, 6.07) is 4.97. The van der Waals surface area contributed by atoms with Gasteiger partial charge in [0, 0.05) is 12.1 Å². The van der Waals surface area contributed by atoms with E-state index in [0.29, 0.717) is 33.0 Å². The smallest absolute Gasteiger partial charge is 0.348 e. The third kappa shape index (κ3) is 5.07. The molecule has 0 aliphatic heterocycles. The number of carbonyl (C=O) groups is 1. The van der Waals surface area contributed by atoms with E-state index in [0.717, 1.165) is 36.6 Å². The van der Waals surface area contributed by atoms with Gasteiger partial charge in [0.1, 0.15) is 33.4 Å². The van der Waals surface area contributed by atoms with Crippen molar-refractivity contribution < 1.29 is 18.7 Å². The molecule has 0 radical (unpaired) electrons. The topological polar surface area (TPSA) is 76.6 Å². The van der Waals surface area contributed by atoms with Crippen LogP contribution in [0.1, 0.15) is 40.9 Å². The fraction of sp³-hybridized carbons (Fsp3) is 0.435. The lowest BCUT2D eigenvalue weighted by atomic mass is 9.93. The number of nitrogens with one attached hydrogen (secondary N) is 1. The number of thiophene rings is 1. The highest BCUT2D eigenvalue weighted by Gasteiger charge is 2.26. The summed E-state index contributed by atoms with van der Waals surface area (Å²) < 4.78 is 27.5. The Morgan fingerprint density at radius 1 is 1.27 bits per heavy atom. The first-order chi connectivity index (χ1) is 15.9. The number of hydrogen-bond acceptors (Lipinski definition) is 9. The molecule has 0 unspecified atom stereocenters. The largest absolute Gasteiger partial charge is 0.488 e. The molecule has 7 nitrogen and oxygen atoms in total. The van der Waals surface area contributed by atoms with Gasteiger partial charge in [-0.05, 0) is 63.6 Å². The van der Waals surface area contributed by atoms with Crippen molar-refractivity contribution in [1.29, 1.82) is 0 Å². The van der Waals surface area contributed by atoms with Gasteiger partial charge in [-0.1, -0.05) is 11.9 Å². The van der Waals surface area contributed by atoms with Crippen molar-refractivity contribution in [2.75, 3.05) is 25.7 Å². The second-order valence-corrected chi connectivity index (χ2v) is 9.93. The van der Waals surface area contributed by atoms with Crippen molar-refractivity contribution in [3.63, 3.8) is 0 Å². The SMILES string of the molecule is COC(=O)c1sc2ncnc(Nc3ccc(F)cc3OC3CCC(N(C)SC)CC3)c2c1C. The molecule has 2 heterocycles. The highest BCUT2D eigenvalue weighted by atomic mass is 32.2. The molecule has 0 bridgehead atoms. The molecule has 0 spiro atoms. The second kappa shape index (κ2) is 10.2. The van der Waals surface area contributed by atoms with Crippen LogP contribution in [-0.2, 0) is 4.74 Å². The Morgan fingerprint density at radius 3 is 2.73 bits per heavy atom. The first-order valence-electron chi connectivity index (χ1n) is 10.7. The minimum atomic E-state index is -0.407. The van der Waals surface area contributed by atoms with Gasteiger partial charge in [0.15, 0.2) is 0 Å². The summed E-state index contributed by atoms with van der Waals surface area (Å²) in [5.41, 5.74) is 1.36. The number of benzene rings is 1. The van der Waals surface area contributed by atoms with E-state index < -0.39 is 5.97 Å². The second-order valence-electron chi connectivity index (χ2n) is 7.99. The van der Waals surface area contributed by atoms with Gasteiger partial charge < -0.3 is 14.8 Å². The van der Waals surface area contributed by atoms with Gasteiger partial charge in [0.2, 0.25) is 0 Å². The molecule has 1 fully saturated rings. The average Bonchev–Trinajstić information content (AvgIpc) is 3.17. The number of rotatable bonds is 7. The van der Waals surface area contributed by atoms with Crippen molar-refractivity contribution in [3.05, 3.63) is 40.8 Å². The van der Waals surface area contributed by atoms with E-state index in [1.165, 1.54) is 36.9 Å². The summed E-state index contributed by atoms with van der Waals surface area (Å²) in [4.78, 5) is 22.0. The highest BCUT2D eigenvalue weighted by Crippen LogP contribution is 2.38. The van der Waals surface area contributed by atoms with Gasteiger partial charge in [0.05, 0.1) is 24.3 Å². The molecule has 176 valence electrons. The number of fused-ring (bicyclic) bond motifs is 1. The number of aromatic nitrogens is 2. The van der Waals surface area contributed by atoms with E-state index in [2.05, 4.69) is 32.9 Å². The van der Waals surface area contributed by atoms with Crippen LogP contribution < -0.4 is 10.1 Å². The molecule has 0 amide bonds. The summed E-state index contributed by atoms with van der Waals surface area (Å²) in [6.07, 6.45) is 7.45. The Morgan fingerprint density at radius 2 is 2.03 bits per heavy atom. The molecule has 4 rings (SSSR count). The quantitative estimate of drug-likeness (QED) is 0.340. The minimum absolute atomic E-state index is 0.0260. The third-order valence-electron chi connectivity index (χ3n) is 6.03. The minimum Gasteiger partial charge on any atom is -0.488 e. The molecule has 1 aliphatic carbocycles. The number of hydrogen-bond donors (Lipinski definition) is 1. The molecule has 0 atom stereocenters. The lowest BCUT2D eigenvalue weighted by molar-refractivity contribution is 0.0605. The van der Waals surface area contributed by atoms with Crippen LogP contribution in [0.15, 0.2) is 24.5 Å². The Labute approximate surface area is 200 Å². The maximum absolute atomic E-state index is 14.1. The predicted octanol–water partition coefficient (Wildman–Crippen LogP) is 5.57. The van der Waals surface area contributed by atoms with Crippen LogP contribution in [-0.4, -0.2) is 52.8 Å². The maximum Gasteiger partial charge on any atom is 0.348 e. The number of aryl methyl sites for hydroxylation is 1. The molecule has 33 heavy (non-hydrogen) atoms. The summed E-state index contributed by atoms with van der Waals surface area (Å²) in [5, 5.41) is 4.01. The van der Waals surface area contributed by atoms with Crippen LogP contribution in [0.4, 0.5) is 15.9 Å². The monoisotopic (exact) mass is 490 g/mol. The third-order valence-corrected chi connectivity index (χ3v) is 8.09. The number of esters is 1. The number of nitrogens with zero attached hydrogens (tertiary/aromatic N) is 3. The summed E-state index contributed by atoms with van der Waals surface area (Å²) in [7, 11) is 3.47. The molecule has 0 saturated heterocycles.